The number of carbonyl (C=O) groups is 1. The van der Waals surface area contributed by atoms with Gasteiger partial charge in [-0.15, -0.1) is 11.3 Å². The van der Waals surface area contributed by atoms with E-state index < -0.39 is 5.97 Å². The summed E-state index contributed by atoms with van der Waals surface area (Å²) < 4.78 is 1.13. The number of aromatic nitrogens is 2. The molecule has 0 radical (unpaired) electrons. The van der Waals surface area contributed by atoms with Crippen LogP contribution in [0.4, 0.5) is 0 Å². The molecule has 0 bridgehead atoms. The number of thiazole rings is 1. The summed E-state index contributed by atoms with van der Waals surface area (Å²) in [4.78, 5) is 27.2. The van der Waals surface area contributed by atoms with E-state index in [1.807, 2.05) is 0 Å². The molecule has 0 aliphatic rings. The van der Waals surface area contributed by atoms with Crippen molar-refractivity contribution in [1.82, 2.24) is 9.38 Å². The van der Waals surface area contributed by atoms with E-state index in [-0.39, 0.29) is 11.3 Å². The molecule has 78 valence electrons. The van der Waals surface area contributed by atoms with E-state index in [1.165, 1.54) is 5.38 Å². The summed E-state index contributed by atoms with van der Waals surface area (Å²) in [6.45, 7) is 3.37. The number of aromatic carboxylic acids is 1. The number of carboxylic acids is 1. The second-order valence-corrected chi connectivity index (χ2v) is 4.01. The van der Waals surface area contributed by atoms with Crippen LogP contribution in [-0.2, 0) is 0 Å². The van der Waals surface area contributed by atoms with Crippen molar-refractivity contribution in [2.24, 2.45) is 0 Å². The normalized spacial score (nSPS) is 10.8. The molecule has 0 amide bonds. The Hall–Kier alpha value is -1.69. The molecule has 0 saturated carbocycles. The van der Waals surface area contributed by atoms with Crippen molar-refractivity contribution in [2.45, 2.75) is 13.8 Å². The summed E-state index contributed by atoms with van der Waals surface area (Å²) in [5, 5.41) is 10.3. The van der Waals surface area contributed by atoms with Crippen LogP contribution in [-0.4, -0.2) is 20.5 Å². The maximum Gasteiger partial charge on any atom is 0.353 e. The Morgan fingerprint density at radius 3 is 2.80 bits per heavy atom. The number of aryl methyl sites for hydroxylation is 1. The lowest BCUT2D eigenvalue weighted by atomic mass is 10.3. The molecule has 5 nitrogen and oxygen atoms in total. The second-order valence-electron chi connectivity index (χ2n) is 3.17. The number of hydrogen-bond acceptors (Lipinski definition) is 4. The zero-order valence-corrected chi connectivity index (χ0v) is 8.96. The van der Waals surface area contributed by atoms with Crippen molar-refractivity contribution in [2.75, 3.05) is 0 Å². The number of fused-ring (bicyclic) bond motifs is 1. The zero-order chi connectivity index (χ0) is 11.2. The highest BCUT2D eigenvalue weighted by Gasteiger charge is 2.15. The molecule has 15 heavy (non-hydrogen) atoms. The lowest BCUT2D eigenvalue weighted by Gasteiger charge is -2.00. The van der Waals surface area contributed by atoms with E-state index in [1.54, 1.807) is 13.8 Å². The lowest BCUT2D eigenvalue weighted by Crippen LogP contribution is -2.21. The summed E-state index contributed by atoms with van der Waals surface area (Å²) in [5.74, 6) is -1.12. The number of rotatable bonds is 1. The Balaban J connectivity index is 2.98. The predicted octanol–water partition coefficient (Wildman–Crippen LogP) is 1.07. The molecule has 2 aromatic rings. The topological polar surface area (TPSA) is 71.7 Å². The number of nitrogens with zero attached hydrogens (tertiary/aromatic N) is 2. The molecule has 0 aromatic carbocycles. The largest absolute Gasteiger partial charge is 0.477 e. The van der Waals surface area contributed by atoms with Crippen LogP contribution in [0.1, 0.15) is 21.7 Å². The Morgan fingerprint density at radius 2 is 2.20 bits per heavy atom. The van der Waals surface area contributed by atoms with E-state index in [0.717, 1.165) is 15.7 Å². The zero-order valence-electron chi connectivity index (χ0n) is 8.14. The molecular weight excluding hydrogens is 216 g/mol. The van der Waals surface area contributed by atoms with Gasteiger partial charge in [0.1, 0.15) is 5.69 Å². The van der Waals surface area contributed by atoms with Gasteiger partial charge in [-0.25, -0.2) is 14.2 Å². The molecule has 2 rings (SSSR count). The number of hydrogen-bond donors (Lipinski definition) is 1. The number of carboxylic acid groups (broad SMARTS) is 1. The van der Waals surface area contributed by atoms with E-state index in [9.17, 15) is 9.59 Å². The predicted molar refractivity (Wildman–Crippen MR) is 55.8 cm³/mol. The van der Waals surface area contributed by atoms with E-state index >= 15 is 0 Å². The van der Waals surface area contributed by atoms with Crippen molar-refractivity contribution in [3.8, 4) is 0 Å². The maximum atomic E-state index is 11.8. The molecule has 2 aromatic heterocycles. The lowest BCUT2D eigenvalue weighted by molar-refractivity contribution is 0.0689. The van der Waals surface area contributed by atoms with Crippen LogP contribution in [0.15, 0.2) is 10.2 Å². The molecule has 1 N–H and O–H groups in total. The third-order valence-electron chi connectivity index (χ3n) is 2.26. The molecule has 0 aliphatic heterocycles. The summed E-state index contributed by atoms with van der Waals surface area (Å²) in [6, 6.07) is 0. The Bertz CT molecular complexity index is 612. The average molecular weight is 224 g/mol. The van der Waals surface area contributed by atoms with Crippen LogP contribution in [0.3, 0.4) is 0 Å². The van der Waals surface area contributed by atoms with Gasteiger partial charge in [0, 0.05) is 16.6 Å². The van der Waals surface area contributed by atoms with Gasteiger partial charge in [-0.1, -0.05) is 0 Å². The summed E-state index contributed by atoms with van der Waals surface area (Å²) >= 11 is 1.15. The van der Waals surface area contributed by atoms with Gasteiger partial charge in [-0.05, 0) is 13.8 Å². The minimum Gasteiger partial charge on any atom is -0.477 e. The first-order valence-electron chi connectivity index (χ1n) is 4.23. The highest BCUT2D eigenvalue weighted by molar-refractivity contribution is 7.15. The SMILES string of the molecule is Cc1nc2scc(C(=O)O)n2c(=O)c1C. The van der Waals surface area contributed by atoms with Gasteiger partial charge in [0.2, 0.25) is 0 Å². The van der Waals surface area contributed by atoms with Crippen molar-refractivity contribution in [3.05, 3.63) is 32.7 Å². The van der Waals surface area contributed by atoms with E-state index in [4.69, 9.17) is 5.11 Å². The minimum atomic E-state index is -1.12. The Labute approximate surface area is 88.6 Å². The Morgan fingerprint density at radius 1 is 1.53 bits per heavy atom. The van der Waals surface area contributed by atoms with Crippen LogP contribution in [0.2, 0.25) is 0 Å². The third-order valence-corrected chi connectivity index (χ3v) is 3.08. The van der Waals surface area contributed by atoms with Gasteiger partial charge < -0.3 is 5.11 Å². The summed E-state index contributed by atoms with van der Waals surface area (Å²) in [5.41, 5.74) is 0.777. The van der Waals surface area contributed by atoms with Crippen LogP contribution >= 0.6 is 11.3 Å². The monoisotopic (exact) mass is 224 g/mol. The quantitative estimate of drug-likeness (QED) is 0.786. The van der Waals surface area contributed by atoms with Crippen LogP contribution in [0, 0.1) is 13.8 Å². The summed E-state index contributed by atoms with van der Waals surface area (Å²) in [6.07, 6.45) is 0. The first-order valence-corrected chi connectivity index (χ1v) is 5.11. The summed E-state index contributed by atoms with van der Waals surface area (Å²) in [7, 11) is 0. The molecule has 0 unspecified atom stereocenters. The molecule has 0 atom stereocenters. The second kappa shape index (κ2) is 3.16. The van der Waals surface area contributed by atoms with Crippen LogP contribution in [0.5, 0.6) is 0 Å². The van der Waals surface area contributed by atoms with Gasteiger partial charge in [-0.3, -0.25) is 4.79 Å². The fraction of sp³-hybridized carbons (Fsp3) is 0.222. The van der Waals surface area contributed by atoms with Gasteiger partial charge in [-0.2, -0.15) is 0 Å². The highest BCUT2D eigenvalue weighted by atomic mass is 32.1. The van der Waals surface area contributed by atoms with Gasteiger partial charge >= 0.3 is 5.97 Å². The standard InChI is InChI=1S/C9H8N2O3S/c1-4-5(2)10-9-11(7(4)12)6(3-15-9)8(13)14/h3H,1-2H3,(H,13,14). The molecule has 0 spiro atoms. The third kappa shape index (κ3) is 1.33. The van der Waals surface area contributed by atoms with Gasteiger partial charge in [0.05, 0.1) is 0 Å². The molecule has 0 saturated heterocycles. The molecular formula is C9H8N2O3S. The van der Waals surface area contributed by atoms with Crippen molar-refractivity contribution in [1.29, 1.82) is 0 Å². The minimum absolute atomic E-state index is 0.0319. The smallest absolute Gasteiger partial charge is 0.353 e. The van der Waals surface area contributed by atoms with E-state index in [2.05, 4.69) is 4.98 Å². The van der Waals surface area contributed by atoms with Crippen LogP contribution in [0.25, 0.3) is 4.96 Å². The van der Waals surface area contributed by atoms with E-state index in [0.29, 0.717) is 16.2 Å². The Kier molecular flexibility index (Phi) is 2.08. The van der Waals surface area contributed by atoms with Gasteiger partial charge in [0.15, 0.2) is 4.96 Å². The average Bonchev–Trinajstić information content (AvgIpc) is 2.58. The molecule has 2 heterocycles. The fourth-order valence-electron chi connectivity index (χ4n) is 1.29. The first kappa shape index (κ1) is 9.85. The maximum absolute atomic E-state index is 11.8. The van der Waals surface area contributed by atoms with Crippen LogP contribution < -0.4 is 5.56 Å². The first-order chi connectivity index (χ1) is 7.02. The van der Waals surface area contributed by atoms with Crippen molar-refractivity contribution >= 4 is 22.3 Å². The fourth-order valence-corrected chi connectivity index (χ4v) is 2.18. The van der Waals surface area contributed by atoms with Gasteiger partial charge in [0.25, 0.3) is 5.56 Å². The van der Waals surface area contributed by atoms with Crippen molar-refractivity contribution < 1.29 is 9.90 Å². The molecule has 0 aliphatic carbocycles. The molecule has 0 fully saturated rings. The van der Waals surface area contributed by atoms with Crippen molar-refractivity contribution in [3.63, 3.8) is 0 Å². The highest BCUT2D eigenvalue weighted by Crippen LogP contribution is 2.13. The molecule has 6 heteroatoms.